The highest BCUT2D eigenvalue weighted by Crippen LogP contribution is 2.26. The molecule has 0 aliphatic carbocycles. The molecule has 1 aromatic heterocycles. The standard InChI is InChI=1S/C18H24N4O2/c1-13-12-21(3)9-10-22(13)17(15-7-5-4-6-8-15)18(23)19-16-11-14(2)24-20-16/h4-8,11,13,17H,9-10,12H2,1-3H3,(H,19,20,23)/t13-,17-/m0/s1. The van der Waals surface area contributed by atoms with E-state index < -0.39 is 0 Å². The molecule has 0 spiro atoms. The summed E-state index contributed by atoms with van der Waals surface area (Å²) in [5.74, 6) is 1.06. The molecule has 2 heterocycles. The molecule has 1 amide bonds. The fourth-order valence-corrected chi connectivity index (χ4v) is 3.29. The van der Waals surface area contributed by atoms with Crippen LogP contribution in [0.25, 0.3) is 0 Å². The van der Waals surface area contributed by atoms with Crippen LogP contribution < -0.4 is 5.32 Å². The molecular formula is C18H24N4O2. The second-order valence-corrected chi connectivity index (χ2v) is 6.47. The molecular weight excluding hydrogens is 304 g/mol. The number of anilines is 1. The lowest BCUT2D eigenvalue weighted by atomic mass is 10.0. The molecule has 1 aliphatic rings. The Balaban J connectivity index is 1.86. The summed E-state index contributed by atoms with van der Waals surface area (Å²) in [5, 5.41) is 6.77. The van der Waals surface area contributed by atoms with Gasteiger partial charge in [-0.25, -0.2) is 0 Å². The minimum absolute atomic E-state index is 0.0779. The summed E-state index contributed by atoms with van der Waals surface area (Å²) in [7, 11) is 2.11. The van der Waals surface area contributed by atoms with E-state index in [1.165, 1.54) is 0 Å². The number of nitrogens with zero attached hydrogens (tertiary/aromatic N) is 3. The summed E-state index contributed by atoms with van der Waals surface area (Å²) in [4.78, 5) is 17.6. The number of nitrogens with one attached hydrogen (secondary N) is 1. The number of aryl methyl sites for hydroxylation is 1. The van der Waals surface area contributed by atoms with E-state index in [1.54, 1.807) is 13.0 Å². The third kappa shape index (κ3) is 3.66. The molecule has 24 heavy (non-hydrogen) atoms. The summed E-state index contributed by atoms with van der Waals surface area (Å²) in [6.45, 7) is 6.71. The lowest BCUT2D eigenvalue weighted by Gasteiger charge is -2.42. The molecule has 6 heteroatoms. The monoisotopic (exact) mass is 328 g/mol. The topological polar surface area (TPSA) is 61.6 Å². The van der Waals surface area contributed by atoms with Gasteiger partial charge in [0.15, 0.2) is 5.82 Å². The van der Waals surface area contributed by atoms with Gasteiger partial charge in [0.1, 0.15) is 11.8 Å². The summed E-state index contributed by atoms with van der Waals surface area (Å²) in [5.41, 5.74) is 0.992. The Labute approximate surface area is 142 Å². The van der Waals surface area contributed by atoms with Crippen molar-refractivity contribution in [1.29, 1.82) is 0 Å². The van der Waals surface area contributed by atoms with Crippen LogP contribution in [0.4, 0.5) is 5.82 Å². The van der Waals surface area contributed by atoms with Crippen LogP contribution in [0.2, 0.25) is 0 Å². The summed E-state index contributed by atoms with van der Waals surface area (Å²) in [6.07, 6.45) is 0. The van der Waals surface area contributed by atoms with Gasteiger partial charge < -0.3 is 14.7 Å². The van der Waals surface area contributed by atoms with Crippen molar-refractivity contribution in [3.05, 3.63) is 47.7 Å². The van der Waals surface area contributed by atoms with E-state index in [1.807, 2.05) is 30.3 Å². The van der Waals surface area contributed by atoms with Gasteiger partial charge in [0.25, 0.3) is 0 Å². The van der Waals surface area contributed by atoms with E-state index in [4.69, 9.17) is 4.52 Å². The Morgan fingerprint density at radius 1 is 1.33 bits per heavy atom. The van der Waals surface area contributed by atoms with Crippen LogP contribution in [0, 0.1) is 6.92 Å². The minimum Gasteiger partial charge on any atom is -0.360 e. The maximum atomic E-state index is 13.0. The average Bonchev–Trinajstić information content (AvgIpc) is 2.96. The second-order valence-electron chi connectivity index (χ2n) is 6.47. The van der Waals surface area contributed by atoms with Crippen molar-refractivity contribution in [2.45, 2.75) is 25.9 Å². The molecule has 1 aromatic carbocycles. The Bertz CT molecular complexity index is 685. The number of rotatable bonds is 4. The predicted molar refractivity (Wildman–Crippen MR) is 92.7 cm³/mol. The van der Waals surface area contributed by atoms with E-state index >= 15 is 0 Å². The number of likely N-dealkylation sites (N-methyl/N-ethyl adjacent to an activating group) is 1. The molecule has 0 saturated carbocycles. The number of piperazine rings is 1. The molecule has 0 radical (unpaired) electrons. The van der Waals surface area contributed by atoms with Crippen molar-refractivity contribution in [1.82, 2.24) is 15.0 Å². The van der Waals surface area contributed by atoms with Gasteiger partial charge in [-0.2, -0.15) is 0 Å². The SMILES string of the molecule is Cc1cc(NC(=O)[C@H](c2ccccc2)N2CCN(C)C[C@@H]2C)no1. The smallest absolute Gasteiger partial charge is 0.247 e. The summed E-state index contributed by atoms with van der Waals surface area (Å²) in [6, 6.07) is 11.6. The Kier molecular flexibility index (Phi) is 4.97. The van der Waals surface area contributed by atoms with Crippen LogP contribution in [0.1, 0.15) is 24.3 Å². The fraction of sp³-hybridized carbons (Fsp3) is 0.444. The van der Waals surface area contributed by atoms with Gasteiger partial charge >= 0.3 is 0 Å². The highest BCUT2D eigenvalue weighted by atomic mass is 16.5. The van der Waals surface area contributed by atoms with Gasteiger partial charge in [0, 0.05) is 31.7 Å². The molecule has 128 valence electrons. The molecule has 6 nitrogen and oxygen atoms in total. The Morgan fingerprint density at radius 2 is 2.08 bits per heavy atom. The normalized spacial score (nSPS) is 20.7. The van der Waals surface area contributed by atoms with Gasteiger partial charge in [0.2, 0.25) is 5.91 Å². The van der Waals surface area contributed by atoms with Crippen LogP contribution in [0.15, 0.2) is 40.9 Å². The number of benzene rings is 1. The van der Waals surface area contributed by atoms with Crippen molar-refractivity contribution >= 4 is 11.7 Å². The molecule has 1 aliphatic heterocycles. The highest BCUT2D eigenvalue weighted by Gasteiger charge is 2.34. The number of hydrogen-bond acceptors (Lipinski definition) is 5. The summed E-state index contributed by atoms with van der Waals surface area (Å²) >= 11 is 0. The average molecular weight is 328 g/mol. The quantitative estimate of drug-likeness (QED) is 0.933. The molecule has 1 fully saturated rings. The first kappa shape index (κ1) is 16.7. The lowest BCUT2D eigenvalue weighted by Crippen LogP contribution is -2.53. The molecule has 0 unspecified atom stereocenters. The van der Waals surface area contributed by atoms with Gasteiger partial charge in [0.05, 0.1) is 0 Å². The molecule has 1 N–H and O–H groups in total. The third-order valence-corrected chi connectivity index (χ3v) is 4.46. The molecule has 0 bridgehead atoms. The van der Waals surface area contributed by atoms with Crippen molar-refractivity contribution < 1.29 is 9.32 Å². The van der Waals surface area contributed by atoms with E-state index in [9.17, 15) is 4.79 Å². The molecule has 1 saturated heterocycles. The van der Waals surface area contributed by atoms with E-state index in [-0.39, 0.29) is 11.9 Å². The first-order valence-corrected chi connectivity index (χ1v) is 8.28. The number of carbonyl (C=O) groups excluding carboxylic acids is 1. The van der Waals surface area contributed by atoms with Crippen molar-refractivity contribution in [2.75, 3.05) is 32.0 Å². The number of carbonyl (C=O) groups is 1. The summed E-state index contributed by atoms with van der Waals surface area (Å²) < 4.78 is 5.05. The largest absolute Gasteiger partial charge is 0.360 e. The number of hydrogen-bond donors (Lipinski definition) is 1. The van der Waals surface area contributed by atoms with E-state index in [2.05, 4.69) is 34.2 Å². The van der Waals surface area contributed by atoms with Crippen LogP contribution in [-0.2, 0) is 4.79 Å². The van der Waals surface area contributed by atoms with Crippen LogP contribution in [-0.4, -0.2) is 53.6 Å². The predicted octanol–water partition coefficient (Wildman–Crippen LogP) is 2.30. The lowest BCUT2D eigenvalue weighted by molar-refractivity contribution is -0.123. The van der Waals surface area contributed by atoms with Crippen molar-refractivity contribution in [2.24, 2.45) is 0 Å². The van der Waals surface area contributed by atoms with Crippen LogP contribution >= 0.6 is 0 Å². The maximum absolute atomic E-state index is 13.0. The molecule has 2 atom stereocenters. The zero-order valence-electron chi connectivity index (χ0n) is 14.4. The van der Waals surface area contributed by atoms with Crippen LogP contribution in [0.3, 0.4) is 0 Å². The van der Waals surface area contributed by atoms with E-state index in [0.29, 0.717) is 17.6 Å². The van der Waals surface area contributed by atoms with Crippen molar-refractivity contribution in [3.63, 3.8) is 0 Å². The van der Waals surface area contributed by atoms with Gasteiger partial charge in [-0.3, -0.25) is 9.69 Å². The van der Waals surface area contributed by atoms with E-state index in [0.717, 1.165) is 25.2 Å². The van der Waals surface area contributed by atoms with Crippen molar-refractivity contribution in [3.8, 4) is 0 Å². The van der Waals surface area contributed by atoms with Gasteiger partial charge in [-0.15, -0.1) is 0 Å². The zero-order valence-corrected chi connectivity index (χ0v) is 14.4. The highest BCUT2D eigenvalue weighted by molar-refractivity contribution is 5.94. The zero-order chi connectivity index (χ0) is 17.1. The molecule has 3 rings (SSSR count). The van der Waals surface area contributed by atoms with Gasteiger partial charge in [-0.1, -0.05) is 35.5 Å². The Hall–Kier alpha value is -2.18. The van der Waals surface area contributed by atoms with Gasteiger partial charge in [-0.05, 0) is 26.5 Å². The van der Waals surface area contributed by atoms with Crippen LogP contribution in [0.5, 0.6) is 0 Å². The third-order valence-electron chi connectivity index (χ3n) is 4.46. The first-order chi connectivity index (χ1) is 11.5. The fourth-order valence-electron chi connectivity index (χ4n) is 3.29. The Morgan fingerprint density at radius 3 is 2.71 bits per heavy atom. The number of amides is 1. The first-order valence-electron chi connectivity index (χ1n) is 8.28. The second kappa shape index (κ2) is 7.15. The number of aromatic nitrogens is 1. The minimum atomic E-state index is -0.341. The maximum Gasteiger partial charge on any atom is 0.247 e. The molecule has 2 aromatic rings.